The van der Waals surface area contributed by atoms with Gasteiger partial charge in [0.05, 0.1) is 16.4 Å². The first-order chi connectivity index (χ1) is 11.4. The maximum absolute atomic E-state index is 12.9. The smallest absolute Gasteiger partial charge is 0.260 e. The van der Waals surface area contributed by atoms with Crippen LogP contribution in [0.2, 0.25) is 0 Å². The highest BCUT2D eigenvalue weighted by atomic mass is 79.9. The molecule has 0 aliphatic carbocycles. The van der Waals surface area contributed by atoms with Crippen molar-refractivity contribution in [3.63, 3.8) is 0 Å². The summed E-state index contributed by atoms with van der Waals surface area (Å²) in [6.45, 7) is 2.30. The van der Waals surface area contributed by atoms with Gasteiger partial charge in [-0.3, -0.25) is 13.6 Å². The summed E-state index contributed by atoms with van der Waals surface area (Å²) in [4.78, 5) is 21.3. The van der Waals surface area contributed by atoms with Gasteiger partial charge in [-0.05, 0) is 25.1 Å². The predicted octanol–water partition coefficient (Wildman–Crippen LogP) is 2.56. The first-order valence-electron chi connectivity index (χ1n) is 7.21. The van der Waals surface area contributed by atoms with Gasteiger partial charge in [0.15, 0.2) is 0 Å². The molecule has 0 saturated carbocycles. The summed E-state index contributed by atoms with van der Waals surface area (Å²) >= 11 is 3.36. The van der Waals surface area contributed by atoms with Crippen molar-refractivity contribution in [3.05, 3.63) is 45.3 Å². The number of hydrogen-bond acceptors (Lipinski definition) is 5. The molecule has 24 heavy (non-hydrogen) atoms. The number of pyridine rings is 1. The van der Waals surface area contributed by atoms with E-state index < -0.39 is 10.8 Å². The molecule has 6 nitrogen and oxygen atoms in total. The number of benzene rings is 1. The third kappa shape index (κ3) is 2.87. The van der Waals surface area contributed by atoms with Crippen molar-refractivity contribution in [2.24, 2.45) is 0 Å². The molecule has 0 aliphatic heterocycles. The summed E-state index contributed by atoms with van der Waals surface area (Å²) in [7, 11) is -1.31. The van der Waals surface area contributed by atoms with E-state index in [-0.39, 0.29) is 10.7 Å². The van der Waals surface area contributed by atoms with E-state index in [1.807, 2.05) is 13.0 Å². The fourth-order valence-corrected chi connectivity index (χ4v) is 3.34. The molecule has 2 heterocycles. The molecule has 0 saturated heterocycles. The monoisotopic (exact) mass is 406 g/mol. The number of aryl methyl sites for hydroxylation is 1. The minimum atomic E-state index is -1.31. The average molecular weight is 407 g/mol. The molecule has 3 rings (SSSR count). The van der Waals surface area contributed by atoms with E-state index in [1.165, 1.54) is 6.26 Å². The Morgan fingerprint density at radius 1 is 1.29 bits per heavy atom. The lowest BCUT2D eigenvalue weighted by Crippen LogP contribution is -2.23. The van der Waals surface area contributed by atoms with Gasteiger partial charge < -0.3 is 5.73 Å². The van der Waals surface area contributed by atoms with Crippen LogP contribution in [-0.4, -0.2) is 25.0 Å². The lowest BCUT2D eigenvalue weighted by atomic mass is 10.0. The van der Waals surface area contributed by atoms with Crippen LogP contribution in [0.25, 0.3) is 22.2 Å². The van der Waals surface area contributed by atoms with Gasteiger partial charge >= 0.3 is 0 Å². The number of halogens is 1. The van der Waals surface area contributed by atoms with Crippen LogP contribution in [0.15, 0.2) is 44.9 Å². The van der Waals surface area contributed by atoms with Gasteiger partial charge in [0.2, 0.25) is 5.16 Å². The Bertz CT molecular complexity index is 1030. The van der Waals surface area contributed by atoms with Crippen molar-refractivity contribution in [2.45, 2.75) is 18.6 Å². The van der Waals surface area contributed by atoms with Crippen molar-refractivity contribution in [2.75, 3.05) is 12.0 Å². The molecule has 0 fully saturated rings. The van der Waals surface area contributed by atoms with Gasteiger partial charge in [-0.2, -0.15) is 0 Å². The molecule has 1 unspecified atom stereocenters. The van der Waals surface area contributed by atoms with Crippen LogP contribution >= 0.6 is 15.9 Å². The van der Waals surface area contributed by atoms with Gasteiger partial charge in [0.25, 0.3) is 5.56 Å². The summed E-state index contributed by atoms with van der Waals surface area (Å²) < 4.78 is 14.0. The van der Waals surface area contributed by atoms with Crippen molar-refractivity contribution in [1.29, 1.82) is 0 Å². The standard InChI is InChI=1S/C16H15BrN4O2S/c1-3-21-14-9(8-19-16(20-14)24(2)23)6-12(15(21)22)11-5-4-10(17)7-13(11)18/h4-8H,3,18H2,1-2H3. The first-order valence-corrected chi connectivity index (χ1v) is 9.57. The van der Waals surface area contributed by atoms with Gasteiger partial charge in [-0.15, -0.1) is 0 Å². The highest BCUT2D eigenvalue weighted by molar-refractivity contribution is 9.10. The zero-order valence-electron chi connectivity index (χ0n) is 13.1. The van der Waals surface area contributed by atoms with Crippen LogP contribution in [0.4, 0.5) is 5.69 Å². The second kappa shape index (κ2) is 6.45. The third-order valence-electron chi connectivity index (χ3n) is 3.68. The van der Waals surface area contributed by atoms with Crippen molar-refractivity contribution >= 4 is 43.5 Å². The Morgan fingerprint density at radius 2 is 2.04 bits per heavy atom. The van der Waals surface area contributed by atoms with Gasteiger partial charge in [-0.25, -0.2) is 9.97 Å². The first kappa shape index (κ1) is 16.8. The molecule has 1 atom stereocenters. The topological polar surface area (TPSA) is 90.9 Å². The SMILES string of the molecule is CCn1c(=O)c(-c2ccc(Br)cc2N)cc2cnc(S(C)=O)nc21. The minimum Gasteiger partial charge on any atom is -0.398 e. The predicted molar refractivity (Wildman–Crippen MR) is 99.4 cm³/mol. The largest absolute Gasteiger partial charge is 0.398 e. The Hall–Kier alpha value is -2.06. The highest BCUT2D eigenvalue weighted by Gasteiger charge is 2.15. The van der Waals surface area contributed by atoms with Crippen LogP contribution in [0, 0.1) is 0 Å². The molecule has 0 amide bonds. The van der Waals surface area contributed by atoms with Gasteiger partial charge in [-0.1, -0.05) is 22.0 Å². The molecule has 0 aliphatic rings. The van der Waals surface area contributed by atoms with Crippen molar-refractivity contribution < 1.29 is 4.21 Å². The van der Waals surface area contributed by atoms with Crippen molar-refractivity contribution in [3.8, 4) is 11.1 Å². The normalized spacial score (nSPS) is 12.5. The van der Waals surface area contributed by atoms with Crippen molar-refractivity contribution in [1.82, 2.24) is 14.5 Å². The fourth-order valence-electron chi connectivity index (χ4n) is 2.55. The van der Waals surface area contributed by atoms with E-state index in [0.29, 0.717) is 34.4 Å². The zero-order valence-corrected chi connectivity index (χ0v) is 15.5. The van der Waals surface area contributed by atoms with Gasteiger partial charge in [0.1, 0.15) is 5.65 Å². The number of rotatable bonds is 3. The summed E-state index contributed by atoms with van der Waals surface area (Å²) in [6, 6.07) is 7.13. The van der Waals surface area contributed by atoms with Gasteiger partial charge in [0, 0.05) is 40.1 Å². The molecule has 2 N–H and O–H groups in total. The molecular weight excluding hydrogens is 392 g/mol. The summed E-state index contributed by atoms with van der Waals surface area (Å²) in [5.41, 5.74) is 8.02. The second-order valence-electron chi connectivity index (χ2n) is 5.22. The molecule has 8 heteroatoms. The van der Waals surface area contributed by atoms with E-state index >= 15 is 0 Å². The van der Waals surface area contributed by atoms with E-state index in [2.05, 4.69) is 25.9 Å². The lowest BCUT2D eigenvalue weighted by Gasteiger charge is -2.12. The van der Waals surface area contributed by atoms with Crippen LogP contribution in [0.3, 0.4) is 0 Å². The molecule has 0 bridgehead atoms. The van der Waals surface area contributed by atoms with E-state index in [0.717, 1.165) is 4.47 Å². The van der Waals surface area contributed by atoms with Crippen LogP contribution in [0.1, 0.15) is 6.92 Å². The maximum atomic E-state index is 12.9. The molecule has 0 spiro atoms. The van der Waals surface area contributed by atoms with Crippen LogP contribution in [-0.2, 0) is 17.3 Å². The number of anilines is 1. The highest BCUT2D eigenvalue weighted by Crippen LogP contribution is 2.28. The van der Waals surface area contributed by atoms with E-state index in [4.69, 9.17) is 5.73 Å². The Kier molecular flexibility index (Phi) is 4.51. The third-order valence-corrected chi connectivity index (χ3v) is 4.89. The second-order valence-corrected chi connectivity index (χ2v) is 7.41. The molecule has 1 aromatic carbocycles. The number of aromatic nitrogens is 3. The Balaban J connectivity index is 2.35. The van der Waals surface area contributed by atoms with Crippen LogP contribution < -0.4 is 11.3 Å². The minimum absolute atomic E-state index is 0.189. The number of nitrogens with zero attached hydrogens (tertiary/aromatic N) is 3. The maximum Gasteiger partial charge on any atom is 0.260 e. The summed E-state index contributed by atoms with van der Waals surface area (Å²) in [5, 5.41) is 0.906. The Labute approximate surface area is 149 Å². The number of nitrogens with two attached hydrogens (primary N) is 1. The molecule has 124 valence electrons. The van der Waals surface area contributed by atoms with E-state index in [1.54, 1.807) is 29.0 Å². The lowest BCUT2D eigenvalue weighted by molar-refractivity contribution is 0.678. The van der Waals surface area contributed by atoms with Crippen LogP contribution in [0.5, 0.6) is 0 Å². The Morgan fingerprint density at radius 3 is 2.67 bits per heavy atom. The summed E-state index contributed by atoms with van der Waals surface area (Å²) in [6.07, 6.45) is 3.09. The zero-order chi connectivity index (χ0) is 17.4. The van der Waals surface area contributed by atoms with E-state index in [9.17, 15) is 9.00 Å². The molecule has 2 aromatic heterocycles. The number of hydrogen-bond donors (Lipinski definition) is 1. The summed E-state index contributed by atoms with van der Waals surface area (Å²) in [5.74, 6) is 0. The number of fused-ring (bicyclic) bond motifs is 1. The quantitative estimate of drug-likeness (QED) is 0.532. The number of nitrogen functional groups attached to an aromatic ring is 1. The molecular formula is C16H15BrN4O2S. The fraction of sp³-hybridized carbons (Fsp3) is 0.188. The molecule has 3 aromatic rings. The average Bonchev–Trinajstić information content (AvgIpc) is 2.54. The molecule has 0 radical (unpaired) electrons.